The van der Waals surface area contributed by atoms with Crippen molar-refractivity contribution in [3.05, 3.63) is 18.3 Å². The Morgan fingerprint density at radius 2 is 2.06 bits per heavy atom. The monoisotopic (exact) mass is 248 g/mol. The molecule has 0 aliphatic rings. The van der Waals surface area contributed by atoms with Crippen LogP contribution in [0.3, 0.4) is 0 Å². The van der Waals surface area contributed by atoms with Crippen molar-refractivity contribution in [1.82, 2.24) is 4.98 Å². The second-order valence-corrected chi connectivity index (χ2v) is 4.04. The number of halogens is 3. The maximum absolute atomic E-state index is 11.9. The highest BCUT2D eigenvalue weighted by atomic mass is 19.4. The first-order valence-corrected chi connectivity index (χ1v) is 5.32. The van der Waals surface area contributed by atoms with E-state index in [1.54, 1.807) is 0 Å². The molecule has 0 amide bonds. The molecule has 0 aromatic carbocycles. The fourth-order valence-electron chi connectivity index (χ4n) is 1.17. The molecule has 0 atom stereocenters. The van der Waals surface area contributed by atoms with Crippen LogP contribution in [0.1, 0.15) is 20.3 Å². The first-order valence-electron chi connectivity index (χ1n) is 5.32. The van der Waals surface area contributed by atoms with Gasteiger partial charge in [0, 0.05) is 6.54 Å². The molecule has 0 saturated carbocycles. The number of hydrogen-bond acceptors (Lipinski definition) is 3. The van der Waals surface area contributed by atoms with Crippen LogP contribution in [-0.2, 0) is 0 Å². The van der Waals surface area contributed by atoms with Crippen LogP contribution in [0.5, 0.6) is 5.75 Å². The lowest BCUT2D eigenvalue weighted by atomic mass is 10.1. The summed E-state index contributed by atoms with van der Waals surface area (Å²) in [7, 11) is 0. The summed E-state index contributed by atoms with van der Waals surface area (Å²) in [4.78, 5) is 3.82. The fraction of sp³-hybridized carbons (Fsp3) is 0.545. The van der Waals surface area contributed by atoms with Crippen molar-refractivity contribution in [3.8, 4) is 5.75 Å². The van der Waals surface area contributed by atoms with E-state index in [-0.39, 0.29) is 5.75 Å². The highest BCUT2D eigenvalue weighted by Gasteiger charge is 2.31. The van der Waals surface area contributed by atoms with Gasteiger partial charge in [0.1, 0.15) is 11.6 Å². The number of anilines is 1. The fourth-order valence-corrected chi connectivity index (χ4v) is 1.17. The van der Waals surface area contributed by atoms with Crippen LogP contribution < -0.4 is 10.1 Å². The Balaban J connectivity index is 2.45. The number of nitrogens with one attached hydrogen (secondary N) is 1. The summed E-state index contributed by atoms with van der Waals surface area (Å²) >= 11 is 0. The minimum Gasteiger partial charge on any atom is -0.404 e. The molecule has 96 valence electrons. The van der Waals surface area contributed by atoms with Crippen molar-refractivity contribution in [2.24, 2.45) is 5.92 Å². The highest BCUT2D eigenvalue weighted by molar-refractivity contribution is 5.37. The molecule has 0 aliphatic carbocycles. The molecule has 0 bridgehead atoms. The highest BCUT2D eigenvalue weighted by Crippen LogP contribution is 2.22. The van der Waals surface area contributed by atoms with E-state index in [0.717, 1.165) is 19.2 Å². The summed E-state index contributed by atoms with van der Waals surface area (Å²) in [6, 6.07) is 2.69. The summed E-state index contributed by atoms with van der Waals surface area (Å²) < 4.78 is 39.3. The third-order valence-corrected chi connectivity index (χ3v) is 2.00. The van der Waals surface area contributed by atoms with Crippen LogP contribution in [-0.4, -0.2) is 17.9 Å². The lowest BCUT2D eigenvalue weighted by Gasteiger charge is -2.10. The Morgan fingerprint density at radius 1 is 1.35 bits per heavy atom. The van der Waals surface area contributed by atoms with Gasteiger partial charge in [-0.15, -0.1) is 13.2 Å². The Hall–Kier alpha value is -1.46. The summed E-state index contributed by atoms with van der Waals surface area (Å²) in [6.07, 6.45) is -2.65. The summed E-state index contributed by atoms with van der Waals surface area (Å²) in [5, 5.41) is 3.02. The Bertz CT molecular complexity index is 336. The lowest BCUT2D eigenvalue weighted by molar-refractivity contribution is -0.274. The molecular formula is C11H15F3N2O. The molecule has 0 saturated heterocycles. The molecule has 1 rings (SSSR count). The predicted octanol–water partition coefficient (Wildman–Crippen LogP) is 3.44. The molecule has 0 spiro atoms. The molecule has 1 N–H and O–H groups in total. The van der Waals surface area contributed by atoms with Gasteiger partial charge in [0.05, 0.1) is 6.20 Å². The number of nitrogens with zero attached hydrogens (tertiary/aromatic N) is 1. The number of rotatable bonds is 5. The van der Waals surface area contributed by atoms with E-state index in [9.17, 15) is 13.2 Å². The van der Waals surface area contributed by atoms with E-state index in [4.69, 9.17) is 0 Å². The van der Waals surface area contributed by atoms with Gasteiger partial charge in [-0.2, -0.15) is 0 Å². The molecule has 17 heavy (non-hydrogen) atoms. The zero-order chi connectivity index (χ0) is 12.9. The Kier molecular flexibility index (Phi) is 4.60. The summed E-state index contributed by atoms with van der Waals surface area (Å²) in [5.74, 6) is 0.794. The van der Waals surface area contributed by atoms with E-state index in [0.29, 0.717) is 11.7 Å². The van der Waals surface area contributed by atoms with Gasteiger partial charge < -0.3 is 10.1 Å². The molecule has 0 aliphatic heterocycles. The van der Waals surface area contributed by atoms with Gasteiger partial charge in [-0.3, -0.25) is 0 Å². The standard InChI is InChI=1S/C11H15F3N2O/c1-8(2)5-6-15-10-4-3-9(7-16-10)17-11(12,13)14/h3-4,7-8H,5-6H2,1-2H3,(H,15,16). The third-order valence-electron chi connectivity index (χ3n) is 2.00. The molecule has 0 unspecified atom stereocenters. The number of ether oxygens (including phenoxy) is 1. The van der Waals surface area contributed by atoms with Crippen LogP contribution in [0.25, 0.3) is 0 Å². The van der Waals surface area contributed by atoms with E-state index >= 15 is 0 Å². The second-order valence-electron chi connectivity index (χ2n) is 4.04. The molecule has 6 heteroatoms. The number of pyridine rings is 1. The molecule has 1 aromatic rings. The maximum Gasteiger partial charge on any atom is 0.573 e. The van der Waals surface area contributed by atoms with Crippen molar-refractivity contribution in [3.63, 3.8) is 0 Å². The van der Waals surface area contributed by atoms with E-state index in [1.165, 1.54) is 12.1 Å². The largest absolute Gasteiger partial charge is 0.573 e. The van der Waals surface area contributed by atoms with E-state index in [1.807, 2.05) is 0 Å². The number of hydrogen-bond donors (Lipinski definition) is 1. The van der Waals surface area contributed by atoms with Gasteiger partial charge in [-0.05, 0) is 24.5 Å². The topological polar surface area (TPSA) is 34.1 Å². The first-order chi connectivity index (χ1) is 7.87. The quantitative estimate of drug-likeness (QED) is 0.866. The zero-order valence-corrected chi connectivity index (χ0v) is 9.71. The SMILES string of the molecule is CC(C)CCNc1ccc(OC(F)(F)F)cn1. The normalized spacial score (nSPS) is 11.6. The number of aromatic nitrogens is 1. The predicted molar refractivity (Wildman–Crippen MR) is 58.9 cm³/mol. The van der Waals surface area contributed by atoms with Crippen LogP contribution in [0.4, 0.5) is 19.0 Å². The van der Waals surface area contributed by atoms with Crippen molar-refractivity contribution >= 4 is 5.82 Å². The average molecular weight is 248 g/mol. The van der Waals surface area contributed by atoms with Gasteiger partial charge in [0.2, 0.25) is 0 Å². The van der Waals surface area contributed by atoms with Crippen molar-refractivity contribution in [2.75, 3.05) is 11.9 Å². The van der Waals surface area contributed by atoms with Crippen molar-refractivity contribution in [1.29, 1.82) is 0 Å². The van der Waals surface area contributed by atoms with Gasteiger partial charge in [0.25, 0.3) is 0 Å². The Morgan fingerprint density at radius 3 is 2.53 bits per heavy atom. The Labute approximate surface area is 98.0 Å². The second kappa shape index (κ2) is 5.75. The first kappa shape index (κ1) is 13.6. The molecule has 0 radical (unpaired) electrons. The van der Waals surface area contributed by atoms with Gasteiger partial charge in [-0.25, -0.2) is 4.98 Å². The lowest BCUT2D eigenvalue weighted by Crippen LogP contribution is -2.17. The van der Waals surface area contributed by atoms with E-state index in [2.05, 4.69) is 28.9 Å². The molecular weight excluding hydrogens is 233 g/mol. The zero-order valence-electron chi connectivity index (χ0n) is 9.71. The summed E-state index contributed by atoms with van der Waals surface area (Å²) in [5.41, 5.74) is 0. The van der Waals surface area contributed by atoms with E-state index < -0.39 is 6.36 Å². The van der Waals surface area contributed by atoms with Crippen molar-refractivity contribution in [2.45, 2.75) is 26.6 Å². The maximum atomic E-state index is 11.9. The van der Waals surface area contributed by atoms with Crippen LogP contribution >= 0.6 is 0 Å². The summed E-state index contributed by atoms with van der Waals surface area (Å²) in [6.45, 7) is 4.93. The minimum atomic E-state index is -4.67. The molecule has 1 aromatic heterocycles. The van der Waals surface area contributed by atoms with Crippen LogP contribution in [0.2, 0.25) is 0 Å². The average Bonchev–Trinajstić information content (AvgIpc) is 2.18. The number of alkyl halides is 3. The van der Waals surface area contributed by atoms with Crippen molar-refractivity contribution < 1.29 is 17.9 Å². The van der Waals surface area contributed by atoms with Gasteiger partial charge in [-0.1, -0.05) is 13.8 Å². The molecule has 0 fully saturated rings. The molecule has 1 heterocycles. The van der Waals surface area contributed by atoms with Gasteiger partial charge in [0.15, 0.2) is 0 Å². The van der Waals surface area contributed by atoms with Gasteiger partial charge >= 0.3 is 6.36 Å². The van der Waals surface area contributed by atoms with Crippen LogP contribution in [0, 0.1) is 5.92 Å². The smallest absolute Gasteiger partial charge is 0.404 e. The van der Waals surface area contributed by atoms with Crippen LogP contribution in [0.15, 0.2) is 18.3 Å². The molecule has 3 nitrogen and oxygen atoms in total. The minimum absolute atomic E-state index is 0.313. The third kappa shape index (κ3) is 5.99.